The monoisotopic (exact) mass is 242 g/mol. The fourth-order valence-corrected chi connectivity index (χ4v) is 2.54. The molecule has 1 heterocycles. The maximum atomic E-state index is 13.8. The van der Waals surface area contributed by atoms with Crippen LogP contribution in [0.15, 0.2) is 48.5 Å². The van der Waals surface area contributed by atoms with Gasteiger partial charge in [0.05, 0.1) is 6.04 Å². The number of fused-ring (bicyclic) bond motifs is 1. The molecule has 1 aliphatic heterocycles. The molecule has 0 saturated heterocycles. The van der Waals surface area contributed by atoms with Crippen molar-refractivity contribution in [3.63, 3.8) is 0 Å². The lowest BCUT2D eigenvalue weighted by molar-refractivity contribution is 0.527. The predicted molar refractivity (Wildman–Crippen MR) is 70.8 cm³/mol. The average molecular weight is 242 g/mol. The minimum atomic E-state index is -0.179. The lowest BCUT2D eigenvalue weighted by Crippen LogP contribution is -2.26. The number of nitrogens with two attached hydrogens (primary N) is 1. The Morgan fingerprint density at radius 2 is 1.67 bits per heavy atom. The Bertz CT molecular complexity index is 568. The van der Waals surface area contributed by atoms with Crippen LogP contribution < -0.4 is 11.1 Å². The van der Waals surface area contributed by atoms with Crippen molar-refractivity contribution in [1.29, 1.82) is 0 Å². The maximum Gasteiger partial charge on any atom is 0.128 e. The van der Waals surface area contributed by atoms with E-state index in [4.69, 9.17) is 5.73 Å². The number of benzene rings is 2. The van der Waals surface area contributed by atoms with Crippen LogP contribution >= 0.6 is 0 Å². The van der Waals surface area contributed by atoms with Gasteiger partial charge in [-0.1, -0.05) is 36.4 Å². The number of nitrogens with one attached hydrogen (secondary N) is 1. The Morgan fingerprint density at radius 3 is 2.44 bits per heavy atom. The lowest BCUT2D eigenvalue weighted by atomic mass is 9.90. The first-order chi connectivity index (χ1) is 8.75. The summed E-state index contributed by atoms with van der Waals surface area (Å²) in [5, 5.41) is 3.36. The molecular weight excluding hydrogens is 227 g/mol. The van der Waals surface area contributed by atoms with Crippen molar-refractivity contribution in [2.24, 2.45) is 5.73 Å². The van der Waals surface area contributed by atoms with Crippen LogP contribution in [0.3, 0.4) is 0 Å². The van der Waals surface area contributed by atoms with Crippen LogP contribution in [-0.2, 0) is 0 Å². The van der Waals surface area contributed by atoms with Crippen LogP contribution in [0, 0.1) is 5.82 Å². The van der Waals surface area contributed by atoms with E-state index in [2.05, 4.69) is 5.32 Å². The van der Waals surface area contributed by atoms with Gasteiger partial charge >= 0.3 is 0 Å². The standard InChI is InChI=1S/C15H15FN2/c16-12-7-3-1-5-10(12)15-9-13(17)11-6-2-4-8-14(11)18-15/h1-8,13,15,18H,9,17H2. The Kier molecular flexibility index (Phi) is 2.76. The molecule has 3 N–H and O–H groups in total. The number of halogens is 1. The highest BCUT2D eigenvalue weighted by Crippen LogP contribution is 2.37. The lowest BCUT2D eigenvalue weighted by Gasteiger charge is -2.31. The topological polar surface area (TPSA) is 38.0 Å². The van der Waals surface area contributed by atoms with Gasteiger partial charge in [0, 0.05) is 17.3 Å². The van der Waals surface area contributed by atoms with Crippen molar-refractivity contribution >= 4 is 5.69 Å². The smallest absolute Gasteiger partial charge is 0.128 e. The second-order valence-corrected chi connectivity index (χ2v) is 4.65. The third-order valence-corrected chi connectivity index (χ3v) is 3.46. The van der Waals surface area contributed by atoms with Gasteiger partial charge in [-0.05, 0) is 24.1 Å². The fraction of sp³-hybridized carbons (Fsp3) is 0.200. The molecule has 18 heavy (non-hydrogen) atoms. The average Bonchev–Trinajstić information content (AvgIpc) is 2.39. The minimum absolute atomic E-state index is 0.0490. The molecule has 0 aromatic heterocycles. The molecule has 0 radical (unpaired) electrons. The maximum absolute atomic E-state index is 13.8. The van der Waals surface area contributed by atoms with Crippen LogP contribution in [0.1, 0.15) is 29.6 Å². The van der Waals surface area contributed by atoms with Crippen molar-refractivity contribution in [1.82, 2.24) is 0 Å². The van der Waals surface area contributed by atoms with Gasteiger partial charge in [-0.25, -0.2) is 4.39 Å². The molecule has 2 atom stereocenters. The van der Waals surface area contributed by atoms with Gasteiger partial charge in [0.25, 0.3) is 0 Å². The normalized spacial score (nSPS) is 22.1. The van der Waals surface area contributed by atoms with Gasteiger partial charge in [0.2, 0.25) is 0 Å². The van der Waals surface area contributed by atoms with Crippen molar-refractivity contribution in [3.05, 3.63) is 65.5 Å². The zero-order valence-electron chi connectivity index (χ0n) is 9.94. The SMILES string of the molecule is NC1CC(c2ccccc2F)Nc2ccccc21. The molecule has 0 aliphatic carbocycles. The molecule has 2 aromatic carbocycles. The molecule has 0 saturated carbocycles. The van der Waals surface area contributed by atoms with Crippen molar-refractivity contribution in [2.45, 2.75) is 18.5 Å². The van der Waals surface area contributed by atoms with Gasteiger partial charge < -0.3 is 11.1 Å². The summed E-state index contributed by atoms with van der Waals surface area (Å²) in [4.78, 5) is 0. The fourth-order valence-electron chi connectivity index (χ4n) is 2.54. The summed E-state index contributed by atoms with van der Waals surface area (Å²) in [7, 11) is 0. The van der Waals surface area contributed by atoms with Gasteiger partial charge in [-0.2, -0.15) is 0 Å². The molecule has 3 heteroatoms. The molecule has 0 spiro atoms. The first kappa shape index (κ1) is 11.2. The first-order valence-corrected chi connectivity index (χ1v) is 6.11. The Morgan fingerprint density at radius 1 is 1.00 bits per heavy atom. The summed E-state index contributed by atoms with van der Waals surface area (Å²) in [5.74, 6) is -0.179. The summed E-state index contributed by atoms with van der Waals surface area (Å²) < 4.78 is 13.8. The van der Waals surface area contributed by atoms with E-state index < -0.39 is 0 Å². The molecule has 1 aliphatic rings. The van der Waals surface area contributed by atoms with Gasteiger partial charge in [0.15, 0.2) is 0 Å². The molecule has 0 amide bonds. The molecule has 2 nitrogen and oxygen atoms in total. The first-order valence-electron chi connectivity index (χ1n) is 6.11. The van der Waals surface area contributed by atoms with Gasteiger partial charge in [0.1, 0.15) is 5.82 Å². The molecular formula is C15H15FN2. The van der Waals surface area contributed by atoms with Crippen LogP contribution in [-0.4, -0.2) is 0 Å². The largest absolute Gasteiger partial charge is 0.378 e. The molecule has 0 bridgehead atoms. The highest BCUT2D eigenvalue weighted by atomic mass is 19.1. The van der Waals surface area contributed by atoms with Crippen LogP contribution in [0.25, 0.3) is 0 Å². The number of anilines is 1. The third kappa shape index (κ3) is 1.87. The summed E-state index contributed by atoms with van der Waals surface area (Å²) in [6.45, 7) is 0. The zero-order valence-corrected chi connectivity index (χ0v) is 9.94. The molecule has 2 aromatic rings. The van der Waals surface area contributed by atoms with Crippen LogP contribution in [0.2, 0.25) is 0 Å². The van der Waals surface area contributed by atoms with E-state index in [0.717, 1.165) is 11.3 Å². The highest BCUT2D eigenvalue weighted by molar-refractivity contribution is 5.56. The molecule has 2 unspecified atom stereocenters. The third-order valence-electron chi connectivity index (χ3n) is 3.46. The minimum Gasteiger partial charge on any atom is -0.378 e. The summed E-state index contributed by atoms with van der Waals surface area (Å²) in [6.07, 6.45) is 0.706. The van der Waals surface area contributed by atoms with Gasteiger partial charge in [-0.15, -0.1) is 0 Å². The Balaban J connectivity index is 1.97. The van der Waals surface area contributed by atoms with Crippen LogP contribution in [0.5, 0.6) is 0 Å². The predicted octanol–water partition coefficient (Wildman–Crippen LogP) is 3.38. The Hall–Kier alpha value is -1.87. The van der Waals surface area contributed by atoms with Crippen LogP contribution in [0.4, 0.5) is 10.1 Å². The van der Waals surface area contributed by atoms with E-state index in [1.165, 1.54) is 6.07 Å². The van der Waals surface area contributed by atoms with E-state index in [-0.39, 0.29) is 17.9 Å². The van der Waals surface area contributed by atoms with Crippen molar-refractivity contribution < 1.29 is 4.39 Å². The summed E-state index contributed by atoms with van der Waals surface area (Å²) >= 11 is 0. The zero-order chi connectivity index (χ0) is 12.5. The number of rotatable bonds is 1. The van der Waals surface area contributed by atoms with E-state index in [9.17, 15) is 4.39 Å². The summed E-state index contributed by atoms with van der Waals surface area (Å²) in [5.41, 5.74) is 8.95. The van der Waals surface area contributed by atoms with Crippen molar-refractivity contribution in [2.75, 3.05) is 5.32 Å². The second-order valence-electron chi connectivity index (χ2n) is 4.65. The molecule has 0 fully saturated rings. The van der Waals surface area contributed by atoms with E-state index in [0.29, 0.717) is 12.0 Å². The van der Waals surface area contributed by atoms with E-state index in [1.807, 2.05) is 36.4 Å². The second kappa shape index (κ2) is 4.42. The number of hydrogen-bond donors (Lipinski definition) is 2. The number of hydrogen-bond acceptors (Lipinski definition) is 2. The summed E-state index contributed by atoms with van der Waals surface area (Å²) in [6, 6.07) is 14.7. The molecule has 92 valence electrons. The quantitative estimate of drug-likeness (QED) is 0.804. The van der Waals surface area contributed by atoms with Crippen molar-refractivity contribution in [3.8, 4) is 0 Å². The Labute approximate surface area is 106 Å². The van der Waals surface area contributed by atoms with E-state index >= 15 is 0 Å². The molecule has 3 rings (SSSR count). The van der Waals surface area contributed by atoms with Gasteiger partial charge in [-0.3, -0.25) is 0 Å². The highest BCUT2D eigenvalue weighted by Gasteiger charge is 2.26. The number of para-hydroxylation sites is 1. The van der Waals surface area contributed by atoms with E-state index in [1.54, 1.807) is 6.07 Å².